The Morgan fingerprint density at radius 2 is 2.05 bits per heavy atom. The average molecular weight is 262 g/mol. The van der Waals surface area contributed by atoms with E-state index in [0.717, 1.165) is 17.0 Å². The molecule has 0 saturated carbocycles. The van der Waals surface area contributed by atoms with E-state index in [1.807, 2.05) is 31.5 Å². The van der Waals surface area contributed by atoms with E-state index in [1.165, 1.54) is 18.5 Å². The third-order valence-corrected chi connectivity index (χ3v) is 3.03. The molecule has 0 aliphatic rings. The average Bonchev–Trinajstić information content (AvgIpc) is 2.75. The van der Waals surface area contributed by atoms with Gasteiger partial charge in [0, 0.05) is 18.5 Å². The third-order valence-electron chi connectivity index (χ3n) is 3.03. The smallest absolute Gasteiger partial charge is 0.138 e. The van der Waals surface area contributed by atoms with Gasteiger partial charge in [0.1, 0.15) is 18.0 Å². The third kappa shape index (κ3) is 3.17. The van der Waals surface area contributed by atoms with Crippen molar-refractivity contribution in [2.75, 3.05) is 0 Å². The van der Waals surface area contributed by atoms with Gasteiger partial charge in [0.25, 0.3) is 0 Å². The Morgan fingerprint density at radius 1 is 1.32 bits per heavy atom. The summed E-state index contributed by atoms with van der Waals surface area (Å²) in [4.78, 5) is 4.23. The van der Waals surface area contributed by atoms with Crippen molar-refractivity contribution < 1.29 is 4.39 Å². The van der Waals surface area contributed by atoms with Crippen LogP contribution in [0.15, 0.2) is 24.5 Å². The Bertz CT molecular complexity index is 542. The summed E-state index contributed by atoms with van der Waals surface area (Å²) in [5.41, 5.74) is 7.80. The molecule has 0 spiro atoms. The van der Waals surface area contributed by atoms with Crippen molar-refractivity contribution in [2.45, 2.75) is 39.3 Å². The highest BCUT2D eigenvalue weighted by molar-refractivity contribution is 5.26. The number of nitrogens with zero attached hydrogens (tertiary/aromatic N) is 3. The predicted octanol–water partition coefficient (Wildman–Crippen LogP) is 2.55. The number of hydrogen-bond donors (Lipinski definition) is 1. The van der Waals surface area contributed by atoms with E-state index in [1.54, 1.807) is 0 Å². The molecule has 102 valence electrons. The lowest BCUT2D eigenvalue weighted by Gasteiger charge is -2.15. The molecular formula is C14H19FN4. The molecule has 1 aromatic carbocycles. The second-order valence-corrected chi connectivity index (χ2v) is 5.09. The van der Waals surface area contributed by atoms with Gasteiger partial charge in [-0.25, -0.2) is 14.1 Å². The Labute approximate surface area is 112 Å². The Morgan fingerprint density at radius 3 is 2.68 bits per heavy atom. The van der Waals surface area contributed by atoms with Crippen LogP contribution in [0.4, 0.5) is 4.39 Å². The summed E-state index contributed by atoms with van der Waals surface area (Å²) in [6, 6.07) is 4.83. The molecule has 0 saturated heterocycles. The Hall–Kier alpha value is -1.75. The van der Waals surface area contributed by atoms with Gasteiger partial charge in [0.05, 0.1) is 0 Å². The van der Waals surface area contributed by atoms with Crippen LogP contribution in [0.1, 0.15) is 42.9 Å². The molecule has 0 aliphatic carbocycles. The van der Waals surface area contributed by atoms with Gasteiger partial charge in [-0.15, -0.1) is 0 Å². The van der Waals surface area contributed by atoms with E-state index in [0.29, 0.717) is 6.42 Å². The predicted molar refractivity (Wildman–Crippen MR) is 72.2 cm³/mol. The maximum Gasteiger partial charge on any atom is 0.138 e. The Balaban J connectivity index is 2.20. The molecule has 2 N–H and O–H groups in total. The molecule has 1 heterocycles. The molecular weight excluding hydrogens is 243 g/mol. The van der Waals surface area contributed by atoms with E-state index in [4.69, 9.17) is 5.73 Å². The zero-order valence-electron chi connectivity index (χ0n) is 11.5. The molecule has 0 fully saturated rings. The second-order valence-electron chi connectivity index (χ2n) is 5.09. The molecule has 5 heteroatoms. The fourth-order valence-corrected chi connectivity index (χ4v) is 2.14. The highest BCUT2D eigenvalue weighted by Crippen LogP contribution is 2.19. The van der Waals surface area contributed by atoms with Crippen LogP contribution < -0.4 is 5.73 Å². The van der Waals surface area contributed by atoms with Crippen LogP contribution in [0.3, 0.4) is 0 Å². The van der Waals surface area contributed by atoms with Gasteiger partial charge in [-0.05, 0) is 44.0 Å². The SMILES string of the molecule is Cc1cc(F)cc(C(N)Cc2ncnn2C(C)C)c1. The van der Waals surface area contributed by atoms with Gasteiger partial charge >= 0.3 is 0 Å². The fourth-order valence-electron chi connectivity index (χ4n) is 2.14. The van der Waals surface area contributed by atoms with E-state index in [-0.39, 0.29) is 17.9 Å². The van der Waals surface area contributed by atoms with Crippen molar-refractivity contribution in [3.63, 3.8) is 0 Å². The zero-order chi connectivity index (χ0) is 14.0. The van der Waals surface area contributed by atoms with Crippen LogP contribution in [0.25, 0.3) is 0 Å². The topological polar surface area (TPSA) is 56.7 Å². The maximum absolute atomic E-state index is 13.4. The largest absolute Gasteiger partial charge is 0.324 e. The normalized spacial score (nSPS) is 12.9. The highest BCUT2D eigenvalue weighted by Gasteiger charge is 2.14. The molecule has 0 amide bonds. The van der Waals surface area contributed by atoms with Gasteiger partial charge in [-0.3, -0.25) is 0 Å². The second kappa shape index (κ2) is 5.48. The molecule has 1 atom stereocenters. The first-order valence-corrected chi connectivity index (χ1v) is 6.38. The van der Waals surface area contributed by atoms with Gasteiger partial charge in [0.2, 0.25) is 0 Å². The van der Waals surface area contributed by atoms with Gasteiger partial charge < -0.3 is 5.73 Å². The summed E-state index contributed by atoms with van der Waals surface area (Å²) < 4.78 is 15.2. The number of rotatable bonds is 4. The van der Waals surface area contributed by atoms with Gasteiger partial charge in [0.15, 0.2) is 0 Å². The van der Waals surface area contributed by atoms with Crippen LogP contribution in [-0.4, -0.2) is 14.8 Å². The highest BCUT2D eigenvalue weighted by atomic mass is 19.1. The lowest BCUT2D eigenvalue weighted by Crippen LogP contribution is -2.18. The van der Waals surface area contributed by atoms with Crippen molar-refractivity contribution >= 4 is 0 Å². The van der Waals surface area contributed by atoms with Crippen LogP contribution in [0, 0.1) is 12.7 Å². The number of hydrogen-bond acceptors (Lipinski definition) is 3. The Kier molecular flexibility index (Phi) is 3.95. The lowest BCUT2D eigenvalue weighted by atomic mass is 10.0. The molecule has 19 heavy (non-hydrogen) atoms. The zero-order valence-corrected chi connectivity index (χ0v) is 11.5. The first-order valence-electron chi connectivity index (χ1n) is 6.38. The molecule has 4 nitrogen and oxygen atoms in total. The van der Waals surface area contributed by atoms with E-state index < -0.39 is 0 Å². The van der Waals surface area contributed by atoms with Crippen molar-refractivity contribution in [3.8, 4) is 0 Å². The van der Waals surface area contributed by atoms with Crippen LogP contribution >= 0.6 is 0 Å². The summed E-state index contributed by atoms with van der Waals surface area (Å²) in [6.45, 7) is 5.93. The van der Waals surface area contributed by atoms with E-state index in [2.05, 4.69) is 10.1 Å². The van der Waals surface area contributed by atoms with Crippen LogP contribution in [-0.2, 0) is 6.42 Å². The van der Waals surface area contributed by atoms with Crippen molar-refractivity contribution in [2.24, 2.45) is 5.73 Å². The number of benzene rings is 1. The molecule has 2 rings (SSSR count). The summed E-state index contributed by atoms with van der Waals surface area (Å²) >= 11 is 0. The van der Waals surface area contributed by atoms with E-state index >= 15 is 0 Å². The quantitative estimate of drug-likeness (QED) is 0.921. The standard InChI is InChI=1S/C14H19FN4/c1-9(2)19-14(17-8-18-19)7-13(16)11-4-10(3)5-12(15)6-11/h4-6,8-9,13H,7,16H2,1-3H3. The molecule has 1 unspecified atom stereocenters. The van der Waals surface area contributed by atoms with E-state index in [9.17, 15) is 4.39 Å². The number of halogens is 1. The van der Waals surface area contributed by atoms with Crippen molar-refractivity contribution in [1.29, 1.82) is 0 Å². The monoisotopic (exact) mass is 262 g/mol. The fraction of sp³-hybridized carbons (Fsp3) is 0.429. The summed E-state index contributed by atoms with van der Waals surface area (Å²) in [5.74, 6) is 0.570. The minimum atomic E-state index is -0.281. The number of aryl methyl sites for hydroxylation is 1. The summed E-state index contributed by atoms with van der Waals surface area (Å²) in [5, 5.41) is 4.17. The van der Waals surface area contributed by atoms with Crippen molar-refractivity contribution in [1.82, 2.24) is 14.8 Å². The maximum atomic E-state index is 13.4. The lowest BCUT2D eigenvalue weighted by molar-refractivity contribution is 0.492. The van der Waals surface area contributed by atoms with Crippen LogP contribution in [0.2, 0.25) is 0 Å². The molecule has 1 aromatic heterocycles. The van der Waals surface area contributed by atoms with Gasteiger partial charge in [-0.2, -0.15) is 5.10 Å². The number of aromatic nitrogens is 3. The number of nitrogens with two attached hydrogens (primary N) is 1. The van der Waals surface area contributed by atoms with Crippen molar-refractivity contribution in [3.05, 3.63) is 47.3 Å². The molecule has 0 bridgehead atoms. The summed E-state index contributed by atoms with van der Waals surface area (Å²) in [6.07, 6.45) is 2.07. The molecule has 0 aliphatic heterocycles. The van der Waals surface area contributed by atoms with Crippen LogP contribution in [0.5, 0.6) is 0 Å². The molecule has 2 aromatic rings. The minimum absolute atomic E-state index is 0.235. The minimum Gasteiger partial charge on any atom is -0.324 e. The van der Waals surface area contributed by atoms with Gasteiger partial charge in [-0.1, -0.05) is 6.07 Å². The first-order chi connectivity index (χ1) is 8.97. The first kappa shape index (κ1) is 13.7. The summed E-state index contributed by atoms with van der Waals surface area (Å²) in [7, 11) is 0. The molecule has 0 radical (unpaired) electrons.